The third-order valence-electron chi connectivity index (χ3n) is 10.8. The summed E-state index contributed by atoms with van der Waals surface area (Å²) in [4.78, 5) is 0. The molecule has 1 N–H and O–H groups in total. The molecule has 2 aromatic heterocycles. The van der Waals surface area contributed by atoms with Crippen LogP contribution in [0.4, 0.5) is 0 Å². The van der Waals surface area contributed by atoms with Gasteiger partial charge in [0.1, 0.15) is 28.4 Å². The van der Waals surface area contributed by atoms with E-state index in [9.17, 15) is 5.11 Å². The summed E-state index contributed by atoms with van der Waals surface area (Å²) in [5.41, 5.74) is 2.70. The van der Waals surface area contributed by atoms with Crippen LogP contribution in [0.15, 0.2) is 162 Å². The van der Waals surface area contributed by atoms with E-state index in [1.807, 2.05) is 84.9 Å². The highest BCUT2D eigenvalue weighted by Gasteiger charge is 2.35. The van der Waals surface area contributed by atoms with Crippen molar-refractivity contribution in [3.05, 3.63) is 146 Å². The fourth-order valence-corrected chi connectivity index (χ4v) is 10.5. The van der Waals surface area contributed by atoms with Crippen molar-refractivity contribution in [3.63, 3.8) is 0 Å². The topological polar surface area (TPSA) is 100 Å². The van der Waals surface area contributed by atoms with E-state index in [4.69, 9.17) is 30.6 Å². The van der Waals surface area contributed by atoms with Crippen molar-refractivity contribution >= 4 is 103 Å². The van der Waals surface area contributed by atoms with Gasteiger partial charge in [-0.15, -0.1) is 0 Å². The van der Waals surface area contributed by atoms with Crippen LogP contribution in [0.5, 0.6) is 0 Å². The number of rotatable bonds is 6. The van der Waals surface area contributed by atoms with E-state index < -0.39 is 28.7 Å². The lowest BCUT2D eigenvalue weighted by Crippen LogP contribution is -2.34. The summed E-state index contributed by atoms with van der Waals surface area (Å²) in [5.74, 6) is 0. The molecular formula is C46H34O8P2. The first-order valence-corrected chi connectivity index (χ1v) is 20.8. The summed E-state index contributed by atoms with van der Waals surface area (Å²) in [6, 6.07) is 49.3. The fraction of sp³-hybridized carbons (Fsp3) is 0.130. The molecule has 56 heavy (non-hydrogen) atoms. The second-order valence-electron chi connectivity index (χ2n) is 14.1. The molecule has 276 valence electrons. The Labute approximate surface area is 321 Å². The molecule has 0 bridgehead atoms. The van der Waals surface area contributed by atoms with Crippen LogP contribution in [0.3, 0.4) is 0 Å². The van der Waals surface area contributed by atoms with Gasteiger partial charge in [-0.3, -0.25) is 9.05 Å². The van der Waals surface area contributed by atoms with Crippen LogP contribution in [-0.2, 0) is 4.74 Å². The average Bonchev–Trinajstić information content (AvgIpc) is 3.55. The maximum atomic E-state index is 10.7. The summed E-state index contributed by atoms with van der Waals surface area (Å²) >= 11 is 0. The highest BCUT2D eigenvalue weighted by Crippen LogP contribution is 2.43. The maximum absolute atomic E-state index is 10.7. The predicted octanol–water partition coefficient (Wildman–Crippen LogP) is 12.6. The zero-order valence-electron chi connectivity index (χ0n) is 29.9. The van der Waals surface area contributed by atoms with Gasteiger partial charge in [0.2, 0.25) is 0 Å². The van der Waals surface area contributed by atoms with Gasteiger partial charge in [-0.2, -0.15) is 0 Å². The average molecular weight is 777 g/mol. The normalized spacial score (nSPS) is 16.6. The van der Waals surface area contributed by atoms with Gasteiger partial charge in [-0.1, -0.05) is 121 Å². The maximum Gasteiger partial charge on any atom is 0.387 e. The van der Waals surface area contributed by atoms with Crippen LogP contribution in [0.25, 0.3) is 87.0 Å². The molecule has 0 saturated carbocycles. The van der Waals surface area contributed by atoms with Gasteiger partial charge in [0.05, 0.1) is 25.4 Å². The molecule has 0 amide bonds. The Morgan fingerprint density at radius 2 is 0.875 bits per heavy atom. The van der Waals surface area contributed by atoms with Gasteiger partial charge >= 0.3 is 16.5 Å². The van der Waals surface area contributed by atoms with Gasteiger partial charge in [0, 0.05) is 28.0 Å². The molecule has 0 radical (unpaired) electrons. The molecule has 1 saturated heterocycles. The SMILES string of the molecule is OCC(Op1oc2ccc3ccccc3c2c2c(ccc3ccccc32)o1)C1CC(Op2oc3ccc4ccccc4c3c3c(ccc4ccccc43)o2)CO1. The van der Waals surface area contributed by atoms with Crippen LogP contribution in [0.2, 0.25) is 0 Å². The third kappa shape index (κ3) is 5.77. The highest BCUT2D eigenvalue weighted by atomic mass is 31.1. The van der Waals surface area contributed by atoms with Crippen LogP contribution >= 0.6 is 16.5 Å². The van der Waals surface area contributed by atoms with Gasteiger partial charge in [-0.25, -0.2) is 0 Å². The van der Waals surface area contributed by atoms with Crippen molar-refractivity contribution in [1.82, 2.24) is 0 Å². The van der Waals surface area contributed by atoms with E-state index in [0.717, 1.165) is 64.6 Å². The number of aliphatic hydroxyl groups excluding tert-OH is 1. The van der Waals surface area contributed by atoms with Gasteiger partial charge in [-0.05, 0) is 67.4 Å². The Kier molecular flexibility index (Phi) is 8.36. The zero-order chi connectivity index (χ0) is 37.2. The molecule has 0 spiro atoms. The van der Waals surface area contributed by atoms with Crippen molar-refractivity contribution < 1.29 is 35.7 Å². The minimum Gasteiger partial charge on any atom is -0.399 e. The zero-order valence-corrected chi connectivity index (χ0v) is 31.7. The van der Waals surface area contributed by atoms with Crippen LogP contribution < -0.4 is 9.05 Å². The number of hydrogen-bond acceptors (Lipinski definition) is 8. The number of fused-ring (bicyclic) bond motifs is 14. The summed E-state index contributed by atoms with van der Waals surface area (Å²) in [6.07, 6.45) is -1.18. The van der Waals surface area contributed by atoms with E-state index in [2.05, 4.69) is 60.7 Å². The second kappa shape index (κ2) is 13.9. The third-order valence-corrected chi connectivity index (χ3v) is 13.1. The molecule has 1 aliphatic rings. The Bertz CT molecular complexity index is 3030. The van der Waals surface area contributed by atoms with Crippen molar-refractivity contribution in [1.29, 1.82) is 0 Å². The van der Waals surface area contributed by atoms with E-state index in [1.165, 1.54) is 0 Å². The lowest BCUT2D eigenvalue weighted by molar-refractivity contribution is 0.00184. The summed E-state index contributed by atoms with van der Waals surface area (Å²) < 4.78 is 45.7. The molecule has 8 nitrogen and oxygen atoms in total. The van der Waals surface area contributed by atoms with Crippen LogP contribution in [0.1, 0.15) is 6.42 Å². The van der Waals surface area contributed by atoms with E-state index in [1.54, 1.807) is 0 Å². The molecule has 8 aromatic carbocycles. The van der Waals surface area contributed by atoms with Gasteiger partial charge < -0.3 is 26.6 Å². The molecule has 1 aliphatic heterocycles. The number of benzene rings is 8. The number of ether oxygens (including phenoxy) is 1. The predicted molar refractivity (Wildman–Crippen MR) is 225 cm³/mol. The summed E-state index contributed by atoms with van der Waals surface area (Å²) in [5, 5.41) is 23.2. The minimum absolute atomic E-state index is 0.272. The quantitative estimate of drug-likeness (QED) is 0.178. The highest BCUT2D eigenvalue weighted by molar-refractivity contribution is 7.32. The van der Waals surface area contributed by atoms with Crippen molar-refractivity contribution in [2.45, 2.75) is 24.7 Å². The monoisotopic (exact) mass is 776 g/mol. The molecule has 3 unspecified atom stereocenters. The lowest BCUT2D eigenvalue weighted by Gasteiger charge is -2.18. The molecule has 3 atom stereocenters. The molecule has 10 heteroatoms. The minimum atomic E-state index is -1.99. The van der Waals surface area contributed by atoms with Crippen molar-refractivity contribution in [2.24, 2.45) is 0 Å². The fourth-order valence-electron chi connectivity index (χ4n) is 8.20. The smallest absolute Gasteiger partial charge is 0.387 e. The standard InChI is InChI=1S/C46H34O8P2/c47-26-42(54-56-52-39-23-19-30-11-3-7-15-35(30)45(39)46-36-16-8-4-12-31(36)20-24-40(46)53-56)41-25-32(27-48-41)49-55-50-37-21-17-28-9-1-5-13-33(28)43(37)44-34-14-6-2-10-29(34)18-22-38(44)51-55/h1-24,32,41-42,47H,25-27H2. The number of hydrogen-bond donors (Lipinski definition) is 1. The largest absolute Gasteiger partial charge is 0.399 e. The first-order valence-electron chi connectivity index (χ1n) is 18.6. The van der Waals surface area contributed by atoms with Gasteiger partial charge in [0.25, 0.3) is 0 Å². The Balaban J connectivity index is 0.952. The number of aliphatic hydroxyl groups is 1. The molecule has 1 fully saturated rings. The molecule has 0 aliphatic carbocycles. The first-order chi connectivity index (χ1) is 27.7. The van der Waals surface area contributed by atoms with Crippen LogP contribution in [0, 0.1) is 0 Å². The van der Waals surface area contributed by atoms with E-state index >= 15 is 0 Å². The van der Waals surface area contributed by atoms with Crippen molar-refractivity contribution in [3.8, 4) is 0 Å². The molecule has 10 aromatic rings. The first kappa shape index (κ1) is 33.8. The summed E-state index contributed by atoms with van der Waals surface area (Å²) in [7, 11) is -3.86. The molecule has 11 rings (SSSR count). The lowest BCUT2D eigenvalue weighted by atomic mass is 9.99. The van der Waals surface area contributed by atoms with Crippen molar-refractivity contribution in [2.75, 3.05) is 13.2 Å². The Hall–Kier alpha value is -5.56. The van der Waals surface area contributed by atoms with Gasteiger partial charge in [0.15, 0.2) is 0 Å². The molecule has 3 heterocycles. The van der Waals surface area contributed by atoms with Crippen LogP contribution in [-0.4, -0.2) is 36.6 Å². The Morgan fingerprint density at radius 1 is 0.500 bits per heavy atom. The summed E-state index contributed by atoms with van der Waals surface area (Å²) in [6.45, 7) is -0.0325. The molecular weight excluding hydrogens is 742 g/mol. The van der Waals surface area contributed by atoms with E-state index in [-0.39, 0.29) is 19.3 Å². The second-order valence-corrected chi connectivity index (χ2v) is 16.2. The van der Waals surface area contributed by atoms with E-state index in [0.29, 0.717) is 28.8 Å². The Morgan fingerprint density at radius 3 is 1.27 bits per heavy atom.